The molecule has 9 heteroatoms. The highest BCUT2D eigenvalue weighted by Crippen LogP contribution is 2.27. The van der Waals surface area contributed by atoms with E-state index in [1.54, 1.807) is 30.3 Å². The molecule has 3 aromatic rings. The first-order chi connectivity index (χ1) is 13.2. The van der Waals surface area contributed by atoms with Crippen LogP contribution < -0.4 is 10.6 Å². The molecule has 0 saturated heterocycles. The second-order valence-electron chi connectivity index (χ2n) is 6.14. The van der Waals surface area contributed by atoms with Crippen LogP contribution in [0.3, 0.4) is 0 Å². The Balaban J connectivity index is 1.78. The summed E-state index contributed by atoms with van der Waals surface area (Å²) in [7, 11) is 0. The number of hydrogen-bond acceptors (Lipinski definition) is 2. The molecule has 0 spiro atoms. The highest BCUT2D eigenvalue weighted by atomic mass is 35.5. The van der Waals surface area contributed by atoms with Crippen LogP contribution in [0.4, 0.5) is 11.4 Å². The van der Waals surface area contributed by atoms with Gasteiger partial charge in [0, 0.05) is 15.1 Å². The van der Waals surface area contributed by atoms with E-state index in [1.165, 1.54) is 0 Å². The Bertz CT molecular complexity index is 1050. The number of halogens is 4. The van der Waals surface area contributed by atoms with E-state index in [1.807, 2.05) is 24.6 Å². The fourth-order valence-electron chi connectivity index (χ4n) is 2.70. The van der Waals surface area contributed by atoms with E-state index in [9.17, 15) is 0 Å². The van der Waals surface area contributed by atoms with E-state index < -0.39 is 0 Å². The highest BCUT2D eigenvalue weighted by Gasteiger charge is 2.15. The number of anilines is 2. The van der Waals surface area contributed by atoms with Crippen LogP contribution in [0.25, 0.3) is 0 Å². The number of hydrogen-bond donors (Lipinski definition) is 2. The van der Waals surface area contributed by atoms with Crippen LogP contribution in [0, 0.1) is 13.8 Å². The molecule has 0 amide bonds. The first-order valence-corrected chi connectivity index (χ1v) is 10.2. The molecular formula is C19H16Cl4N4S. The van der Waals surface area contributed by atoms with Gasteiger partial charge in [-0.15, -0.1) is 0 Å². The molecule has 0 fully saturated rings. The van der Waals surface area contributed by atoms with E-state index in [0.29, 0.717) is 37.4 Å². The third-order valence-electron chi connectivity index (χ3n) is 4.13. The number of thiocarbonyl (C=S) groups is 1. The van der Waals surface area contributed by atoms with Gasteiger partial charge < -0.3 is 10.6 Å². The molecule has 1 aromatic heterocycles. The number of nitrogens with zero attached hydrogens (tertiary/aromatic N) is 2. The topological polar surface area (TPSA) is 41.9 Å². The van der Waals surface area contributed by atoms with Crippen LogP contribution >= 0.6 is 58.6 Å². The molecule has 2 aromatic carbocycles. The first kappa shape index (κ1) is 21.2. The van der Waals surface area contributed by atoms with Gasteiger partial charge in [-0.25, -0.2) is 0 Å². The normalized spacial score (nSPS) is 10.8. The van der Waals surface area contributed by atoms with Crippen molar-refractivity contribution in [3.05, 3.63) is 73.4 Å². The SMILES string of the molecule is Cc1nn(Cc2ccc(Cl)cc2Cl)c(C)c1NC(=S)Nc1cc(Cl)ccc1Cl. The Hall–Kier alpha value is -1.50. The molecule has 1 heterocycles. The summed E-state index contributed by atoms with van der Waals surface area (Å²) in [6, 6.07) is 10.6. The molecule has 2 N–H and O–H groups in total. The third-order valence-corrected chi connectivity index (χ3v) is 5.49. The Labute approximate surface area is 188 Å². The standard InChI is InChI=1S/C19H16Cl4N4S/c1-10-18(25-19(28)24-17-8-14(21)5-6-15(17)22)11(2)27(26-10)9-12-3-4-13(20)7-16(12)23/h3-8H,9H2,1-2H3,(H2,24,25,28). The van der Waals surface area contributed by atoms with Crippen molar-refractivity contribution in [1.82, 2.24) is 9.78 Å². The predicted molar refractivity (Wildman–Crippen MR) is 124 cm³/mol. The smallest absolute Gasteiger partial charge is 0.175 e. The van der Waals surface area contributed by atoms with Gasteiger partial charge in [0.25, 0.3) is 0 Å². The molecule has 0 aliphatic carbocycles. The van der Waals surface area contributed by atoms with Gasteiger partial charge in [-0.2, -0.15) is 5.10 Å². The maximum atomic E-state index is 6.29. The summed E-state index contributed by atoms with van der Waals surface area (Å²) in [6.07, 6.45) is 0. The molecule has 3 rings (SSSR count). The van der Waals surface area contributed by atoms with E-state index in [4.69, 9.17) is 58.6 Å². The van der Waals surface area contributed by atoms with Gasteiger partial charge in [-0.05, 0) is 62.0 Å². The van der Waals surface area contributed by atoms with Crippen LogP contribution in [0.15, 0.2) is 36.4 Å². The van der Waals surface area contributed by atoms with Crippen LogP contribution in [0.1, 0.15) is 17.0 Å². The highest BCUT2D eigenvalue weighted by molar-refractivity contribution is 7.80. The Morgan fingerprint density at radius 1 is 0.964 bits per heavy atom. The van der Waals surface area contributed by atoms with Crippen molar-refractivity contribution in [1.29, 1.82) is 0 Å². The Kier molecular flexibility index (Phi) is 6.73. The second-order valence-corrected chi connectivity index (χ2v) is 8.24. The fourth-order valence-corrected chi connectivity index (χ4v) is 3.72. The number of aromatic nitrogens is 2. The lowest BCUT2D eigenvalue weighted by Gasteiger charge is -2.13. The maximum absolute atomic E-state index is 6.29. The molecule has 0 radical (unpaired) electrons. The van der Waals surface area contributed by atoms with E-state index >= 15 is 0 Å². The zero-order valence-electron chi connectivity index (χ0n) is 15.0. The van der Waals surface area contributed by atoms with Crippen molar-refractivity contribution in [3.8, 4) is 0 Å². The average Bonchev–Trinajstić information content (AvgIpc) is 2.88. The summed E-state index contributed by atoms with van der Waals surface area (Å²) in [5.74, 6) is 0. The Morgan fingerprint density at radius 3 is 2.36 bits per heavy atom. The molecule has 4 nitrogen and oxygen atoms in total. The lowest BCUT2D eigenvalue weighted by Crippen LogP contribution is -2.20. The van der Waals surface area contributed by atoms with E-state index in [-0.39, 0.29) is 0 Å². The van der Waals surface area contributed by atoms with Gasteiger partial charge in [0.2, 0.25) is 0 Å². The monoisotopic (exact) mass is 472 g/mol. The minimum absolute atomic E-state index is 0.388. The van der Waals surface area contributed by atoms with E-state index in [0.717, 1.165) is 22.6 Å². The summed E-state index contributed by atoms with van der Waals surface area (Å²) >= 11 is 29.9. The maximum Gasteiger partial charge on any atom is 0.175 e. The lowest BCUT2D eigenvalue weighted by molar-refractivity contribution is 0.659. The molecule has 0 aliphatic rings. The van der Waals surface area contributed by atoms with Gasteiger partial charge in [-0.3, -0.25) is 4.68 Å². The van der Waals surface area contributed by atoms with Gasteiger partial charge in [-0.1, -0.05) is 52.5 Å². The van der Waals surface area contributed by atoms with E-state index in [2.05, 4.69) is 15.7 Å². The van der Waals surface area contributed by atoms with Crippen molar-refractivity contribution in [2.24, 2.45) is 0 Å². The molecule has 0 atom stereocenters. The number of rotatable bonds is 4. The third kappa shape index (κ3) is 4.91. The zero-order valence-corrected chi connectivity index (χ0v) is 18.8. The minimum atomic E-state index is 0.388. The van der Waals surface area contributed by atoms with Gasteiger partial charge in [0.1, 0.15) is 0 Å². The summed E-state index contributed by atoms with van der Waals surface area (Å²) in [6.45, 7) is 4.38. The van der Waals surface area contributed by atoms with Crippen LogP contribution in [0.5, 0.6) is 0 Å². The van der Waals surface area contributed by atoms with Crippen molar-refractivity contribution >= 4 is 75.1 Å². The number of benzene rings is 2. The van der Waals surface area contributed by atoms with Gasteiger partial charge >= 0.3 is 0 Å². The van der Waals surface area contributed by atoms with Crippen LogP contribution in [0.2, 0.25) is 20.1 Å². The van der Waals surface area contributed by atoms with Crippen molar-refractivity contribution in [2.75, 3.05) is 10.6 Å². The lowest BCUT2D eigenvalue weighted by atomic mass is 10.2. The molecule has 28 heavy (non-hydrogen) atoms. The van der Waals surface area contributed by atoms with Crippen molar-refractivity contribution < 1.29 is 0 Å². The van der Waals surface area contributed by atoms with Gasteiger partial charge in [0.15, 0.2) is 5.11 Å². The zero-order chi connectivity index (χ0) is 20.4. The molecule has 0 unspecified atom stereocenters. The summed E-state index contributed by atoms with van der Waals surface area (Å²) in [5.41, 5.74) is 4.10. The largest absolute Gasteiger partial charge is 0.331 e. The van der Waals surface area contributed by atoms with Crippen molar-refractivity contribution in [2.45, 2.75) is 20.4 Å². The summed E-state index contributed by atoms with van der Waals surface area (Å²) in [5, 5.41) is 13.5. The summed E-state index contributed by atoms with van der Waals surface area (Å²) < 4.78 is 1.86. The molecule has 0 saturated carbocycles. The average molecular weight is 474 g/mol. The van der Waals surface area contributed by atoms with Gasteiger partial charge in [0.05, 0.1) is 34.3 Å². The number of nitrogens with one attached hydrogen (secondary N) is 2. The van der Waals surface area contributed by atoms with Crippen LogP contribution in [-0.4, -0.2) is 14.9 Å². The molecule has 0 bridgehead atoms. The summed E-state index contributed by atoms with van der Waals surface area (Å²) in [4.78, 5) is 0. The second kappa shape index (κ2) is 8.89. The molecular weight excluding hydrogens is 458 g/mol. The van der Waals surface area contributed by atoms with Crippen molar-refractivity contribution in [3.63, 3.8) is 0 Å². The Morgan fingerprint density at radius 2 is 1.64 bits per heavy atom. The molecule has 146 valence electrons. The molecule has 0 aliphatic heterocycles. The predicted octanol–water partition coefficient (Wildman–Crippen LogP) is 6.97. The first-order valence-electron chi connectivity index (χ1n) is 8.25. The quantitative estimate of drug-likeness (QED) is 0.401. The number of aryl methyl sites for hydroxylation is 1. The fraction of sp³-hybridized carbons (Fsp3) is 0.158. The van der Waals surface area contributed by atoms with Crippen LogP contribution in [-0.2, 0) is 6.54 Å². The minimum Gasteiger partial charge on any atom is -0.331 e.